The summed E-state index contributed by atoms with van der Waals surface area (Å²) in [4.78, 5) is 17.3. The Morgan fingerprint density at radius 2 is 1.66 bits per heavy atom. The zero-order valence-electron chi connectivity index (χ0n) is 22.8. The molecule has 3 heterocycles. The highest BCUT2D eigenvalue weighted by atomic mass is 32.2. The largest absolute Gasteiger partial charge is 0.486 e. The lowest BCUT2D eigenvalue weighted by molar-refractivity contribution is -0.141. The van der Waals surface area contributed by atoms with E-state index in [0.29, 0.717) is 30.7 Å². The number of pyridine rings is 1. The van der Waals surface area contributed by atoms with Gasteiger partial charge in [0.15, 0.2) is 0 Å². The maximum Gasteiger partial charge on any atom is 0.433 e. The second-order valence-corrected chi connectivity index (χ2v) is 13.7. The number of anilines is 1. The maximum atomic E-state index is 13.9. The summed E-state index contributed by atoms with van der Waals surface area (Å²) in [5.41, 5.74) is -2.46. The van der Waals surface area contributed by atoms with Crippen LogP contribution < -0.4 is 9.04 Å². The molecule has 0 spiro atoms. The lowest BCUT2D eigenvalue weighted by Crippen LogP contribution is -2.45. The third-order valence-electron chi connectivity index (χ3n) is 7.19. The highest BCUT2D eigenvalue weighted by Gasteiger charge is 2.38. The topological polar surface area (TPSA) is 96.9 Å². The van der Waals surface area contributed by atoms with E-state index in [1.54, 1.807) is 4.90 Å². The molecule has 44 heavy (non-hydrogen) atoms. The summed E-state index contributed by atoms with van der Waals surface area (Å²) in [6.07, 6.45) is -10.4. The van der Waals surface area contributed by atoms with Gasteiger partial charge in [0.05, 0.1) is 28.4 Å². The number of benzene rings is 2. The van der Waals surface area contributed by atoms with Gasteiger partial charge < -0.3 is 9.64 Å². The van der Waals surface area contributed by atoms with Crippen molar-refractivity contribution in [3.63, 3.8) is 0 Å². The minimum atomic E-state index is -4.82. The van der Waals surface area contributed by atoms with E-state index in [-0.39, 0.29) is 48.0 Å². The van der Waals surface area contributed by atoms with Gasteiger partial charge in [-0.1, -0.05) is 12.1 Å². The average Bonchev–Trinajstić information content (AvgIpc) is 2.99. The Bertz CT molecular complexity index is 1690. The van der Waals surface area contributed by atoms with Crippen LogP contribution in [0, 0.1) is 0 Å². The van der Waals surface area contributed by atoms with Gasteiger partial charge in [0.25, 0.3) is 10.0 Å². The van der Waals surface area contributed by atoms with E-state index in [9.17, 15) is 43.8 Å². The van der Waals surface area contributed by atoms with E-state index < -0.39 is 55.4 Å². The maximum absolute atomic E-state index is 13.9. The van der Waals surface area contributed by atoms with E-state index in [1.807, 2.05) is 0 Å². The number of ether oxygens (including phenoxy) is 1. The van der Waals surface area contributed by atoms with Crippen molar-refractivity contribution in [1.29, 1.82) is 0 Å². The monoisotopic (exact) mass is 661 g/mol. The number of fused-ring (bicyclic) bond motifs is 1. The van der Waals surface area contributed by atoms with Crippen LogP contribution in [0.2, 0.25) is 0 Å². The number of carbonyl (C=O) groups excluding carboxylic acids is 1. The summed E-state index contributed by atoms with van der Waals surface area (Å²) >= 11 is 0. The van der Waals surface area contributed by atoms with Gasteiger partial charge in [-0.2, -0.15) is 26.3 Å². The van der Waals surface area contributed by atoms with Crippen LogP contribution in [0.25, 0.3) is 11.3 Å². The Morgan fingerprint density at radius 3 is 2.34 bits per heavy atom. The lowest BCUT2D eigenvalue weighted by atomic mass is 10.1. The van der Waals surface area contributed by atoms with Gasteiger partial charge in [-0.05, 0) is 55.0 Å². The highest BCUT2D eigenvalue weighted by molar-refractivity contribution is 7.92. The molecule has 0 saturated carbocycles. The second-order valence-electron chi connectivity index (χ2n) is 10.2. The fourth-order valence-electron chi connectivity index (χ4n) is 4.89. The molecule has 0 aliphatic carbocycles. The van der Waals surface area contributed by atoms with Crippen molar-refractivity contribution in [2.24, 2.45) is 0 Å². The van der Waals surface area contributed by atoms with Crippen molar-refractivity contribution < 1.29 is 48.5 Å². The number of rotatable bonds is 6. The molecule has 0 unspecified atom stereocenters. The van der Waals surface area contributed by atoms with Crippen molar-refractivity contribution in [1.82, 2.24) is 9.88 Å². The number of halogens is 6. The van der Waals surface area contributed by atoms with Crippen LogP contribution in [-0.2, 0) is 38.0 Å². The van der Waals surface area contributed by atoms with Gasteiger partial charge in [-0.15, -0.1) is 0 Å². The molecule has 1 atom stereocenters. The zero-order chi connectivity index (χ0) is 31.9. The Labute approximate surface area is 251 Å². The number of alkyl halides is 6. The minimum Gasteiger partial charge on any atom is -0.486 e. The Morgan fingerprint density at radius 1 is 0.955 bits per heavy atom. The fourth-order valence-corrected chi connectivity index (χ4v) is 7.49. The van der Waals surface area contributed by atoms with Crippen LogP contribution in [-0.4, -0.2) is 65.7 Å². The lowest BCUT2D eigenvalue weighted by Gasteiger charge is -2.36. The van der Waals surface area contributed by atoms with Crippen LogP contribution in [0.3, 0.4) is 0 Å². The average molecular weight is 662 g/mol. The first kappa shape index (κ1) is 31.8. The molecule has 5 rings (SSSR count). The summed E-state index contributed by atoms with van der Waals surface area (Å²) in [5, 5.41) is 0. The zero-order valence-corrected chi connectivity index (χ0v) is 24.4. The van der Waals surface area contributed by atoms with Crippen LogP contribution in [0.5, 0.6) is 5.75 Å². The molecule has 236 valence electrons. The molecule has 1 aromatic heterocycles. The SMILES string of the molecule is O=C(CC[C@H]1CN(S(=O)(=O)c2cccc(C(F)(F)F)c2)c2cc(-c3cccc(C(F)(F)F)n3)ccc2O1)N1CCS(=O)CC1. The Hall–Kier alpha value is -3.66. The van der Waals surface area contributed by atoms with Gasteiger partial charge in [-0.25, -0.2) is 13.4 Å². The smallest absolute Gasteiger partial charge is 0.433 e. The number of carbonyl (C=O) groups is 1. The summed E-state index contributed by atoms with van der Waals surface area (Å²) < 4.78 is 126. The van der Waals surface area contributed by atoms with E-state index >= 15 is 0 Å². The molecule has 2 aliphatic heterocycles. The first-order valence-electron chi connectivity index (χ1n) is 13.3. The van der Waals surface area contributed by atoms with Gasteiger partial charge in [0, 0.05) is 47.4 Å². The summed E-state index contributed by atoms with van der Waals surface area (Å²) in [6.45, 7) is 0.257. The predicted molar refractivity (Wildman–Crippen MR) is 149 cm³/mol. The van der Waals surface area contributed by atoms with E-state index in [0.717, 1.165) is 34.6 Å². The number of amides is 1. The van der Waals surface area contributed by atoms with Gasteiger partial charge in [0.1, 0.15) is 17.5 Å². The number of sulfonamides is 1. The third kappa shape index (κ3) is 6.85. The van der Waals surface area contributed by atoms with Gasteiger partial charge >= 0.3 is 12.4 Å². The minimum absolute atomic E-state index is 0.00773. The molecule has 1 amide bonds. The molecule has 3 aromatic rings. The normalized spacial score (nSPS) is 18.1. The van der Waals surface area contributed by atoms with E-state index in [2.05, 4.69) is 4.98 Å². The first-order valence-corrected chi connectivity index (χ1v) is 16.2. The molecule has 8 nitrogen and oxygen atoms in total. The van der Waals surface area contributed by atoms with Gasteiger partial charge in [-0.3, -0.25) is 13.3 Å². The van der Waals surface area contributed by atoms with E-state index in [4.69, 9.17) is 4.74 Å². The van der Waals surface area contributed by atoms with Crippen LogP contribution in [0.15, 0.2) is 65.6 Å². The van der Waals surface area contributed by atoms with Crippen molar-refractivity contribution in [2.45, 2.75) is 36.2 Å². The number of aromatic nitrogens is 1. The fraction of sp³-hybridized carbons (Fsp3) is 0.357. The summed E-state index contributed by atoms with van der Waals surface area (Å²) in [6, 6.07) is 10.4. The highest BCUT2D eigenvalue weighted by Crippen LogP contribution is 2.41. The Balaban J connectivity index is 1.50. The second kappa shape index (κ2) is 12.0. The molecule has 1 saturated heterocycles. The predicted octanol–water partition coefficient (Wildman–Crippen LogP) is 5.11. The van der Waals surface area contributed by atoms with Gasteiger partial charge in [0.2, 0.25) is 5.91 Å². The molecule has 16 heteroatoms. The first-order chi connectivity index (χ1) is 20.6. The molecular formula is C28H25F6N3O5S2. The number of nitrogens with zero attached hydrogens (tertiary/aromatic N) is 3. The standard InChI is InChI=1S/C28H25F6N3O5S2/c29-27(30,31)19-3-1-4-21(16-19)44(40,41)37-17-20(8-10-26(38)36-11-13-43(39)14-12-36)42-24-9-7-18(15-23(24)37)22-5-2-6-25(35-22)28(32,33)34/h1-7,9,15-16,20H,8,10-14,17H2/t20-/m0/s1. The van der Waals surface area contributed by atoms with Crippen LogP contribution >= 0.6 is 0 Å². The summed E-state index contributed by atoms with van der Waals surface area (Å²) in [7, 11) is -5.66. The van der Waals surface area contributed by atoms with E-state index in [1.165, 1.54) is 24.3 Å². The molecule has 0 bridgehead atoms. The van der Waals surface area contributed by atoms with Crippen LogP contribution in [0.4, 0.5) is 32.0 Å². The third-order valence-corrected chi connectivity index (χ3v) is 10.2. The molecule has 2 aliphatic rings. The molecular weight excluding hydrogens is 636 g/mol. The number of hydrogen-bond donors (Lipinski definition) is 0. The van der Waals surface area contributed by atoms with Crippen molar-refractivity contribution in [3.05, 3.63) is 71.9 Å². The quantitative estimate of drug-likeness (QED) is 0.341. The van der Waals surface area contributed by atoms with Crippen molar-refractivity contribution in [3.8, 4) is 17.0 Å². The molecule has 0 radical (unpaired) electrons. The van der Waals surface area contributed by atoms with Crippen molar-refractivity contribution in [2.75, 3.05) is 35.4 Å². The van der Waals surface area contributed by atoms with Crippen molar-refractivity contribution >= 4 is 32.4 Å². The van der Waals surface area contributed by atoms with Crippen LogP contribution in [0.1, 0.15) is 24.1 Å². The number of hydrogen-bond acceptors (Lipinski definition) is 6. The molecule has 0 N–H and O–H groups in total. The summed E-state index contributed by atoms with van der Waals surface area (Å²) in [5.74, 6) is 0.471. The molecule has 2 aromatic carbocycles. The molecule has 1 fully saturated rings. The Kier molecular flexibility index (Phi) is 8.68.